The summed E-state index contributed by atoms with van der Waals surface area (Å²) in [6.45, 7) is 5.05. The van der Waals surface area contributed by atoms with Crippen molar-refractivity contribution in [3.05, 3.63) is 54.0 Å². The van der Waals surface area contributed by atoms with E-state index < -0.39 is 0 Å². The maximum absolute atomic E-state index is 12.3. The van der Waals surface area contributed by atoms with Gasteiger partial charge in [-0.15, -0.1) is 11.8 Å². The predicted molar refractivity (Wildman–Crippen MR) is 107 cm³/mol. The minimum atomic E-state index is -0.119. The molecule has 1 saturated heterocycles. The topological polar surface area (TPSA) is 45.5 Å². The summed E-state index contributed by atoms with van der Waals surface area (Å²) in [5.41, 5.74) is 0. The number of hydrogen-bond acceptors (Lipinski definition) is 4. The summed E-state index contributed by atoms with van der Waals surface area (Å²) in [6.07, 6.45) is 4.75. The molecule has 1 aliphatic rings. The van der Waals surface area contributed by atoms with Gasteiger partial charge in [-0.2, -0.15) is 0 Å². The van der Waals surface area contributed by atoms with Crippen molar-refractivity contribution >= 4 is 17.7 Å². The molecule has 2 aromatic rings. The van der Waals surface area contributed by atoms with E-state index in [2.05, 4.69) is 29.3 Å². The molecular weight excluding hydrogens is 344 g/mol. The number of benzene rings is 1. The molecule has 1 amide bonds. The predicted octanol–water partition coefficient (Wildman–Crippen LogP) is 4.74. The van der Waals surface area contributed by atoms with Gasteiger partial charge in [0.25, 0.3) is 5.91 Å². The number of likely N-dealkylation sites (tertiary alicyclic amines) is 1. The molecule has 140 valence electrons. The molecule has 1 aliphatic heterocycles. The lowest BCUT2D eigenvalue weighted by Crippen LogP contribution is -2.32. The van der Waals surface area contributed by atoms with Crippen molar-refractivity contribution in [1.82, 2.24) is 10.2 Å². The number of furan rings is 1. The number of amides is 1. The zero-order valence-corrected chi connectivity index (χ0v) is 16.3. The van der Waals surface area contributed by atoms with Crippen LogP contribution in [0.15, 0.2) is 51.8 Å². The van der Waals surface area contributed by atoms with Crippen molar-refractivity contribution in [2.24, 2.45) is 0 Å². The Bertz CT molecular complexity index is 680. The minimum Gasteiger partial charge on any atom is -0.454 e. The fraction of sp³-hybridized carbons (Fsp3) is 0.476. The van der Waals surface area contributed by atoms with E-state index in [1.165, 1.54) is 24.2 Å². The van der Waals surface area contributed by atoms with Gasteiger partial charge in [-0.1, -0.05) is 24.6 Å². The number of piperidine rings is 1. The first kappa shape index (κ1) is 19.1. The van der Waals surface area contributed by atoms with E-state index in [9.17, 15) is 4.79 Å². The highest BCUT2D eigenvalue weighted by molar-refractivity contribution is 7.99. The van der Waals surface area contributed by atoms with Crippen LogP contribution in [0.25, 0.3) is 0 Å². The molecule has 0 spiro atoms. The van der Waals surface area contributed by atoms with Crippen LogP contribution in [0.2, 0.25) is 0 Å². The van der Waals surface area contributed by atoms with Crippen molar-refractivity contribution in [2.75, 3.05) is 25.4 Å². The van der Waals surface area contributed by atoms with Crippen LogP contribution in [0, 0.1) is 0 Å². The lowest BCUT2D eigenvalue weighted by molar-refractivity contribution is 0.0917. The first-order chi connectivity index (χ1) is 12.7. The Kier molecular flexibility index (Phi) is 7.21. The van der Waals surface area contributed by atoms with Gasteiger partial charge in [0.05, 0.1) is 6.04 Å². The molecular formula is C21H28N2O2S. The van der Waals surface area contributed by atoms with Crippen LogP contribution >= 0.6 is 11.8 Å². The monoisotopic (exact) mass is 372 g/mol. The molecule has 0 saturated carbocycles. The van der Waals surface area contributed by atoms with Gasteiger partial charge in [0.1, 0.15) is 5.76 Å². The van der Waals surface area contributed by atoms with E-state index in [0.29, 0.717) is 12.3 Å². The van der Waals surface area contributed by atoms with Gasteiger partial charge in [-0.3, -0.25) is 9.69 Å². The average Bonchev–Trinajstić information content (AvgIpc) is 3.19. The van der Waals surface area contributed by atoms with E-state index in [1.807, 2.05) is 36.0 Å². The minimum absolute atomic E-state index is 0.119. The fourth-order valence-corrected chi connectivity index (χ4v) is 4.13. The molecule has 1 N–H and O–H groups in total. The molecule has 0 radical (unpaired) electrons. The second kappa shape index (κ2) is 9.83. The normalized spacial score (nSPS) is 16.3. The lowest BCUT2D eigenvalue weighted by Gasteiger charge is -2.31. The Morgan fingerprint density at radius 2 is 1.92 bits per heavy atom. The van der Waals surface area contributed by atoms with E-state index >= 15 is 0 Å². The van der Waals surface area contributed by atoms with Crippen LogP contribution < -0.4 is 5.32 Å². The van der Waals surface area contributed by atoms with Gasteiger partial charge < -0.3 is 9.73 Å². The summed E-state index contributed by atoms with van der Waals surface area (Å²) in [5.74, 6) is 2.17. The third-order valence-electron chi connectivity index (χ3n) is 4.82. The van der Waals surface area contributed by atoms with Gasteiger partial charge in [0, 0.05) is 11.4 Å². The Balaban J connectivity index is 1.40. The molecule has 0 bridgehead atoms. The fourth-order valence-electron chi connectivity index (χ4n) is 3.25. The number of hydrogen-bond donors (Lipinski definition) is 1. The van der Waals surface area contributed by atoms with Crippen LogP contribution in [0.1, 0.15) is 55.0 Å². The lowest BCUT2D eigenvalue weighted by atomic mass is 10.1. The Labute approximate surface area is 160 Å². The summed E-state index contributed by atoms with van der Waals surface area (Å²) < 4.78 is 5.83. The third kappa shape index (κ3) is 5.39. The molecule has 1 aromatic carbocycles. The maximum atomic E-state index is 12.3. The highest BCUT2D eigenvalue weighted by Crippen LogP contribution is 2.25. The Morgan fingerprint density at radius 3 is 2.69 bits per heavy atom. The largest absolute Gasteiger partial charge is 0.454 e. The van der Waals surface area contributed by atoms with Crippen molar-refractivity contribution in [2.45, 2.75) is 43.5 Å². The van der Waals surface area contributed by atoms with Gasteiger partial charge in [0.15, 0.2) is 5.76 Å². The van der Waals surface area contributed by atoms with Gasteiger partial charge >= 0.3 is 0 Å². The van der Waals surface area contributed by atoms with Crippen LogP contribution in [0.4, 0.5) is 0 Å². The van der Waals surface area contributed by atoms with E-state index in [1.54, 1.807) is 6.07 Å². The molecule has 3 rings (SSSR count). The second-order valence-corrected chi connectivity index (χ2v) is 7.91. The number of carbonyl (C=O) groups is 1. The van der Waals surface area contributed by atoms with Crippen LogP contribution in [-0.2, 0) is 0 Å². The molecule has 0 unspecified atom stereocenters. The standard InChI is InChI=1S/C21H28N2O2S/c1-17(23-14-6-3-7-15-23)19-11-12-20(25-19)21(24)22-13-8-16-26-18-9-4-2-5-10-18/h2,4-5,9-12,17H,3,6-8,13-16H2,1H3,(H,22,24)/t17-/m1/s1. The summed E-state index contributed by atoms with van der Waals surface area (Å²) >= 11 is 1.81. The van der Waals surface area contributed by atoms with Crippen molar-refractivity contribution < 1.29 is 9.21 Å². The summed E-state index contributed by atoms with van der Waals surface area (Å²) in [4.78, 5) is 16.0. The molecule has 1 atom stereocenters. The molecule has 2 heterocycles. The molecule has 4 nitrogen and oxygen atoms in total. The molecule has 26 heavy (non-hydrogen) atoms. The molecule has 1 aromatic heterocycles. The summed E-state index contributed by atoms with van der Waals surface area (Å²) in [5, 5.41) is 2.96. The number of nitrogens with one attached hydrogen (secondary N) is 1. The maximum Gasteiger partial charge on any atom is 0.286 e. The number of nitrogens with zero attached hydrogens (tertiary/aromatic N) is 1. The van der Waals surface area contributed by atoms with Gasteiger partial charge in [-0.25, -0.2) is 0 Å². The average molecular weight is 373 g/mol. The quantitative estimate of drug-likeness (QED) is 0.537. The van der Waals surface area contributed by atoms with Crippen LogP contribution in [0.3, 0.4) is 0 Å². The third-order valence-corrected chi connectivity index (χ3v) is 5.92. The SMILES string of the molecule is C[C@H](c1ccc(C(=O)NCCCSc2ccccc2)o1)N1CCCCC1. The van der Waals surface area contributed by atoms with Crippen molar-refractivity contribution in [3.8, 4) is 0 Å². The van der Waals surface area contributed by atoms with E-state index in [4.69, 9.17) is 4.42 Å². The zero-order valence-electron chi connectivity index (χ0n) is 15.4. The van der Waals surface area contributed by atoms with Gasteiger partial charge in [0.2, 0.25) is 0 Å². The first-order valence-corrected chi connectivity index (χ1v) is 10.5. The second-order valence-electron chi connectivity index (χ2n) is 6.75. The van der Waals surface area contributed by atoms with Crippen LogP contribution in [0.5, 0.6) is 0 Å². The smallest absolute Gasteiger partial charge is 0.286 e. The Hall–Kier alpha value is -1.72. The first-order valence-electron chi connectivity index (χ1n) is 9.54. The van der Waals surface area contributed by atoms with Crippen molar-refractivity contribution in [1.29, 1.82) is 0 Å². The van der Waals surface area contributed by atoms with Gasteiger partial charge in [-0.05, 0) is 69.3 Å². The molecule has 5 heteroatoms. The Morgan fingerprint density at radius 1 is 1.15 bits per heavy atom. The van der Waals surface area contributed by atoms with Crippen molar-refractivity contribution in [3.63, 3.8) is 0 Å². The zero-order chi connectivity index (χ0) is 18.2. The summed E-state index contributed by atoms with van der Waals surface area (Å²) in [7, 11) is 0. The van der Waals surface area contributed by atoms with E-state index in [0.717, 1.165) is 31.0 Å². The number of thioether (sulfide) groups is 1. The van der Waals surface area contributed by atoms with Crippen LogP contribution in [-0.4, -0.2) is 36.2 Å². The highest BCUT2D eigenvalue weighted by Gasteiger charge is 2.22. The summed E-state index contributed by atoms with van der Waals surface area (Å²) in [6, 6.07) is 14.3. The number of rotatable bonds is 8. The number of carbonyl (C=O) groups excluding carboxylic acids is 1. The highest BCUT2D eigenvalue weighted by atomic mass is 32.2. The van der Waals surface area contributed by atoms with E-state index in [-0.39, 0.29) is 11.9 Å². The molecule has 1 fully saturated rings. The molecule has 0 aliphatic carbocycles.